The molecule has 2 N–H and O–H groups in total. The molecule has 0 radical (unpaired) electrons. The van der Waals surface area contributed by atoms with Gasteiger partial charge in [-0.05, 0) is 24.5 Å². The first-order valence-corrected chi connectivity index (χ1v) is 9.66. The Balaban J connectivity index is 2.96. The number of nitriles is 1. The van der Waals surface area contributed by atoms with Crippen LogP contribution in [0.5, 0.6) is 0 Å². The molecule has 0 atom stereocenters. The number of thioether (sulfide) groups is 1. The van der Waals surface area contributed by atoms with Crippen LogP contribution in [0.25, 0.3) is 16.6 Å². The number of benzene rings is 1. The zero-order chi connectivity index (χ0) is 19.9. The second kappa shape index (κ2) is 6.86. The Hall–Kier alpha value is -2.16. The number of nitrogens with two attached hydrogens (primary N) is 1. The van der Waals surface area contributed by atoms with E-state index in [1.807, 2.05) is 6.07 Å². The Kier molecular flexibility index (Phi) is 5.32. The van der Waals surface area contributed by atoms with Gasteiger partial charge < -0.3 is 5.73 Å². The lowest BCUT2D eigenvalue weighted by Gasteiger charge is -2.13. The first-order valence-electron chi connectivity index (χ1n) is 7.04. The lowest BCUT2D eigenvalue weighted by Crippen LogP contribution is -2.28. The zero-order valence-corrected chi connectivity index (χ0v) is 15.6. The summed E-state index contributed by atoms with van der Waals surface area (Å²) < 4.78 is 66.5. The molecule has 26 heavy (non-hydrogen) atoms. The Morgan fingerprint density at radius 1 is 1.35 bits per heavy atom. The number of nitrogens with zero attached hydrogens (tertiary/aromatic N) is 3. The van der Waals surface area contributed by atoms with E-state index in [1.165, 1.54) is 38.6 Å². The maximum absolute atomic E-state index is 13.2. The maximum atomic E-state index is 13.2. The van der Waals surface area contributed by atoms with Gasteiger partial charge in [0.05, 0.1) is 22.8 Å². The van der Waals surface area contributed by atoms with Crippen molar-refractivity contribution in [1.29, 1.82) is 5.26 Å². The van der Waals surface area contributed by atoms with Crippen molar-refractivity contribution in [2.24, 2.45) is 5.73 Å². The molecule has 140 valence electrons. The Morgan fingerprint density at radius 3 is 2.42 bits per heavy atom. The fourth-order valence-corrected chi connectivity index (χ4v) is 3.91. The predicted molar refractivity (Wildman–Crippen MR) is 95.3 cm³/mol. The molecule has 1 aromatic carbocycles. The van der Waals surface area contributed by atoms with E-state index in [-0.39, 0.29) is 22.0 Å². The van der Waals surface area contributed by atoms with Gasteiger partial charge in [-0.1, -0.05) is 0 Å². The van der Waals surface area contributed by atoms with Gasteiger partial charge in [0.25, 0.3) is 0 Å². The van der Waals surface area contributed by atoms with Gasteiger partial charge in [0.2, 0.25) is 0 Å². The third kappa shape index (κ3) is 3.40. The van der Waals surface area contributed by atoms with Gasteiger partial charge in [-0.3, -0.25) is 0 Å². The van der Waals surface area contributed by atoms with Crippen LogP contribution >= 0.6 is 11.8 Å². The molecule has 6 nitrogen and oxygen atoms in total. The van der Waals surface area contributed by atoms with Crippen LogP contribution in [0.4, 0.5) is 13.2 Å². The normalized spacial score (nSPS) is 13.8. The molecule has 0 aliphatic heterocycles. The molecule has 0 saturated heterocycles. The molecule has 0 fully saturated rings. The van der Waals surface area contributed by atoms with Crippen LogP contribution in [0.3, 0.4) is 0 Å². The van der Waals surface area contributed by atoms with E-state index in [0.717, 1.165) is 14.5 Å². The fourth-order valence-electron chi connectivity index (χ4n) is 2.35. The van der Waals surface area contributed by atoms with Gasteiger partial charge in [0.1, 0.15) is 4.91 Å². The summed E-state index contributed by atoms with van der Waals surface area (Å²) in [6.45, 7) is 0. The lowest BCUT2D eigenvalue weighted by molar-refractivity contribution is -0.0831. The smallest absolute Gasteiger partial charge is 0.397 e. The van der Waals surface area contributed by atoms with Crippen molar-refractivity contribution in [1.82, 2.24) is 8.28 Å². The average molecular weight is 404 g/mol. The highest BCUT2D eigenvalue weighted by Crippen LogP contribution is 2.39. The summed E-state index contributed by atoms with van der Waals surface area (Å²) in [4.78, 5) is -1.04. The van der Waals surface area contributed by atoms with Crippen LogP contribution in [0.1, 0.15) is 11.1 Å². The SMILES string of the molecule is CS/C(=C(\N)c1cn(S(=O)(=O)N(C)C)c2ccc(C#N)cc12)C(F)(F)F. The number of alkyl halides is 3. The van der Waals surface area contributed by atoms with E-state index in [1.54, 1.807) is 0 Å². The van der Waals surface area contributed by atoms with Gasteiger partial charge >= 0.3 is 16.4 Å². The lowest BCUT2D eigenvalue weighted by atomic mass is 10.1. The van der Waals surface area contributed by atoms with Crippen molar-refractivity contribution in [3.63, 3.8) is 0 Å². The van der Waals surface area contributed by atoms with E-state index < -0.39 is 27.0 Å². The molecule has 0 amide bonds. The molecular formula is C15H15F3N4O2S2. The largest absolute Gasteiger partial charge is 0.424 e. The summed E-state index contributed by atoms with van der Waals surface area (Å²) in [5.41, 5.74) is 5.35. The van der Waals surface area contributed by atoms with Crippen molar-refractivity contribution >= 4 is 38.6 Å². The van der Waals surface area contributed by atoms with E-state index in [2.05, 4.69) is 0 Å². The van der Waals surface area contributed by atoms with Crippen molar-refractivity contribution in [3.8, 4) is 6.07 Å². The average Bonchev–Trinajstić information content (AvgIpc) is 2.93. The topological polar surface area (TPSA) is 92.1 Å². The molecule has 0 bridgehead atoms. The summed E-state index contributed by atoms with van der Waals surface area (Å²) in [5.74, 6) is 0. The van der Waals surface area contributed by atoms with Crippen molar-refractivity contribution in [3.05, 3.63) is 40.4 Å². The first-order chi connectivity index (χ1) is 11.9. The molecule has 2 aromatic rings. The third-order valence-electron chi connectivity index (χ3n) is 3.61. The van der Waals surface area contributed by atoms with Crippen LogP contribution in [-0.4, -0.2) is 43.2 Å². The van der Waals surface area contributed by atoms with Gasteiger partial charge in [0, 0.05) is 31.2 Å². The quantitative estimate of drug-likeness (QED) is 0.846. The minimum Gasteiger partial charge on any atom is -0.397 e. The molecule has 0 spiro atoms. The second-order valence-corrected chi connectivity index (χ2v) is 8.25. The number of hydrogen-bond acceptors (Lipinski definition) is 5. The summed E-state index contributed by atoms with van der Waals surface area (Å²) in [6.07, 6.45) is -2.42. The number of hydrogen-bond donors (Lipinski definition) is 1. The minimum atomic E-state index is -4.69. The predicted octanol–water partition coefficient (Wildman–Crippen LogP) is 2.72. The number of rotatable bonds is 4. The van der Waals surface area contributed by atoms with E-state index in [4.69, 9.17) is 11.0 Å². The minimum absolute atomic E-state index is 0.107. The molecule has 0 unspecified atom stereocenters. The van der Waals surface area contributed by atoms with E-state index in [0.29, 0.717) is 11.8 Å². The number of allylic oxidation sites excluding steroid dienone is 1. The van der Waals surface area contributed by atoms with E-state index >= 15 is 0 Å². The molecule has 11 heteroatoms. The number of aromatic nitrogens is 1. The van der Waals surface area contributed by atoms with E-state index in [9.17, 15) is 21.6 Å². The Morgan fingerprint density at radius 2 is 1.96 bits per heavy atom. The van der Waals surface area contributed by atoms with Gasteiger partial charge in [-0.2, -0.15) is 31.2 Å². The van der Waals surface area contributed by atoms with Crippen LogP contribution in [-0.2, 0) is 10.2 Å². The molecule has 0 aliphatic carbocycles. The Bertz CT molecular complexity index is 1030. The molecule has 1 heterocycles. The fraction of sp³-hybridized carbons (Fsp3) is 0.267. The summed E-state index contributed by atoms with van der Waals surface area (Å²) in [6, 6.07) is 5.93. The highest BCUT2D eigenvalue weighted by Gasteiger charge is 2.36. The first kappa shape index (κ1) is 20.2. The van der Waals surface area contributed by atoms with Gasteiger partial charge in [0.15, 0.2) is 0 Å². The van der Waals surface area contributed by atoms with Gasteiger partial charge in [-0.25, -0.2) is 3.97 Å². The van der Waals surface area contributed by atoms with Crippen molar-refractivity contribution in [2.75, 3.05) is 20.4 Å². The molecule has 0 aliphatic rings. The van der Waals surface area contributed by atoms with Crippen LogP contribution in [0.15, 0.2) is 29.3 Å². The summed E-state index contributed by atoms with van der Waals surface area (Å²) >= 11 is 0.417. The molecule has 1 aromatic heterocycles. The monoisotopic (exact) mass is 404 g/mol. The molecular weight excluding hydrogens is 389 g/mol. The van der Waals surface area contributed by atoms with Crippen LogP contribution in [0, 0.1) is 11.3 Å². The maximum Gasteiger partial charge on any atom is 0.424 e. The van der Waals surface area contributed by atoms with Crippen molar-refractivity contribution < 1.29 is 21.6 Å². The number of halogens is 3. The summed E-state index contributed by atoms with van der Waals surface area (Å²) in [5, 5.41) is 9.20. The third-order valence-corrected chi connectivity index (χ3v) is 6.19. The van der Waals surface area contributed by atoms with Crippen LogP contribution in [0.2, 0.25) is 0 Å². The molecule has 2 rings (SSSR count). The van der Waals surface area contributed by atoms with Crippen LogP contribution < -0.4 is 5.73 Å². The summed E-state index contributed by atoms with van der Waals surface area (Å²) in [7, 11) is -1.41. The Labute approximate surface area is 152 Å². The van der Waals surface area contributed by atoms with Gasteiger partial charge in [-0.15, -0.1) is 11.8 Å². The second-order valence-electron chi connectivity index (χ2n) is 5.42. The van der Waals surface area contributed by atoms with Crippen molar-refractivity contribution in [2.45, 2.75) is 6.18 Å². The highest BCUT2D eigenvalue weighted by atomic mass is 32.2. The molecule has 0 saturated carbocycles. The number of fused-ring (bicyclic) bond motifs is 1. The standard InChI is InChI=1S/C15H15F3N4O2S2/c1-21(2)26(23,24)22-8-11(13(20)14(25-3)15(16,17)18)10-6-9(7-19)4-5-12(10)22/h4-6,8H,20H2,1-3H3/b14-13-. The zero-order valence-electron chi connectivity index (χ0n) is 14.0. The highest BCUT2D eigenvalue weighted by molar-refractivity contribution is 8.02.